The van der Waals surface area contributed by atoms with Crippen LogP contribution in [0.4, 0.5) is 5.82 Å². The molecule has 0 atom stereocenters. The van der Waals surface area contributed by atoms with E-state index >= 15 is 0 Å². The SMILES string of the molecule is COCC1(C(=O)N2CCN(c3cc(OC)ccn3)CC2)CCNCC1.Cl.Cl. The molecule has 1 N–H and O–H groups in total. The number of aromatic nitrogens is 1. The Bertz CT molecular complexity index is 586. The number of nitrogens with one attached hydrogen (secondary N) is 1. The van der Waals surface area contributed by atoms with Crippen LogP contribution in [0.1, 0.15) is 12.8 Å². The molecule has 3 heterocycles. The van der Waals surface area contributed by atoms with Crippen LogP contribution in [0.15, 0.2) is 18.3 Å². The Hall–Kier alpha value is -1.28. The van der Waals surface area contributed by atoms with Crippen LogP contribution in [0, 0.1) is 5.41 Å². The van der Waals surface area contributed by atoms with Crippen LogP contribution in [-0.4, -0.2) is 75.9 Å². The fourth-order valence-corrected chi connectivity index (χ4v) is 3.78. The molecule has 9 heteroatoms. The van der Waals surface area contributed by atoms with Gasteiger partial charge in [0.1, 0.15) is 11.6 Å². The lowest BCUT2D eigenvalue weighted by Crippen LogP contribution is -2.56. The second-order valence-corrected chi connectivity index (χ2v) is 6.80. The van der Waals surface area contributed by atoms with Crippen LogP contribution in [0.25, 0.3) is 0 Å². The monoisotopic (exact) mass is 420 g/mol. The Labute approximate surface area is 173 Å². The van der Waals surface area contributed by atoms with E-state index in [1.54, 1.807) is 20.4 Å². The van der Waals surface area contributed by atoms with Crippen LogP contribution < -0.4 is 15.0 Å². The number of piperidine rings is 1. The molecule has 0 unspecified atom stereocenters. The van der Waals surface area contributed by atoms with Crippen molar-refractivity contribution in [2.45, 2.75) is 12.8 Å². The third-order valence-electron chi connectivity index (χ3n) is 5.28. The molecule has 0 aromatic carbocycles. The van der Waals surface area contributed by atoms with E-state index in [9.17, 15) is 4.79 Å². The van der Waals surface area contributed by atoms with Crippen molar-refractivity contribution in [2.24, 2.45) is 5.41 Å². The van der Waals surface area contributed by atoms with Crippen molar-refractivity contribution < 1.29 is 14.3 Å². The van der Waals surface area contributed by atoms with Gasteiger partial charge in [0, 0.05) is 45.6 Å². The first-order chi connectivity index (χ1) is 12.2. The number of carbonyl (C=O) groups is 1. The van der Waals surface area contributed by atoms with Gasteiger partial charge in [-0.25, -0.2) is 4.98 Å². The zero-order valence-corrected chi connectivity index (χ0v) is 17.6. The third-order valence-corrected chi connectivity index (χ3v) is 5.28. The first kappa shape index (κ1) is 23.8. The molecule has 27 heavy (non-hydrogen) atoms. The van der Waals surface area contributed by atoms with Crippen molar-refractivity contribution in [2.75, 3.05) is 65.0 Å². The molecule has 2 aliphatic heterocycles. The van der Waals surface area contributed by atoms with Gasteiger partial charge in [-0.3, -0.25) is 4.79 Å². The van der Waals surface area contributed by atoms with Crippen LogP contribution in [0.3, 0.4) is 0 Å². The van der Waals surface area contributed by atoms with E-state index in [4.69, 9.17) is 9.47 Å². The zero-order valence-electron chi connectivity index (χ0n) is 16.0. The van der Waals surface area contributed by atoms with Crippen molar-refractivity contribution in [3.05, 3.63) is 18.3 Å². The van der Waals surface area contributed by atoms with E-state index in [-0.39, 0.29) is 36.1 Å². The molecule has 154 valence electrons. The van der Waals surface area contributed by atoms with Gasteiger partial charge in [-0.15, -0.1) is 24.8 Å². The minimum Gasteiger partial charge on any atom is -0.497 e. The standard InChI is InChI=1S/C18H28N4O3.2ClH/c1-24-14-18(4-7-19-8-5-18)17(23)22-11-9-21(10-12-22)16-13-15(25-2)3-6-20-16;;/h3,6,13,19H,4-5,7-12,14H2,1-2H3;2*1H. The van der Waals surface area contributed by atoms with E-state index in [1.807, 2.05) is 17.0 Å². The molecule has 1 amide bonds. The zero-order chi connectivity index (χ0) is 17.7. The minimum absolute atomic E-state index is 0. The number of methoxy groups -OCH3 is 2. The third kappa shape index (κ3) is 5.38. The average molecular weight is 421 g/mol. The first-order valence-corrected chi connectivity index (χ1v) is 8.92. The van der Waals surface area contributed by atoms with Gasteiger partial charge in [0.05, 0.1) is 19.1 Å². The molecule has 2 aliphatic rings. The van der Waals surface area contributed by atoms with E-state index in [2.05, 4.69) is 15.2 Å². The predicted octanol–water partition coefficient (Wildman–Crippen LogP) is 1.60. The van der Waals surface area contributed by atoms with Gasteiger partial charge >= 0.3 is 0 Å². The summed E-state index contributed by atoms with van der Waals surface area (Å²) in [4.78, 5) is 21.8. The quantitative estimate of drug-likeness (QED) is 0.779. The highest BCUT2D eigenvalue weighted by molar-refractivity contribution is 5.85. The fraction of sp³-hybridized carbons (Fsp3) is 0.667. The van der Waals surface area contributed by atoms with Gasteiger partial charge in [-0.05, 0) is 32.0 Å². The Morgan fingerprint density at radius 1 is 1.19 bits per heavy atom. The summed E-state index contributed by atoms with van der Waals surface area (Å²) in [6.45, 7) is 5.27. The molecule has 1 aromatic rings. The molecule has 1 aromatic heterocycles. The normalized spacial score (nSPS) is 18.9. The molecule has 0 bridgehead atoms. The Balaban J connectivity index is 0.00000182. The fourth-order valence-electron chi connectivity index (χ4n) is 3.78. The van der Waals surface area contributed by atoms with Gasteiger partial charge in [-0.2, -0.15) is 0 Å². The van der Waals surface area contributed by atoms with Gasteiger partial charge < -0.3 is 24.6 Å². The van der Waals surface area contributed by atoms with Crippen molar-refractivity contribution >= 4 is 36.5 Å². The molecule has 0 aliphatic carbocycles. The lowest BCUT2D eigenvalue weighted by atomic mass is 9.78. The molecule has 7 nitrogen and oxygen atoms in total. The lowest BCUT2D eigenvalue weighted by Gasteiger charge is -2.43. The number of anilines is 1. The summed E-state index contributed by atoms with van der Waals surface area (Å²) in [5, 5.41) is 3.34. The maximum atomic E-state index is 13.2. The highest BCUT2D eigenvalue weighted by Crippen LogP contribution is 2.32. The van der Waals surface area contributed by atoms with Crippen molar-refractivity contribution in [1.82, 2.24) is 15.2 Å². The molecule has 2 fully saturated rings. The van der Waals surface area contributed by atoms with Gasteiger partial charge in [0.15, 0.2) is 0 Å². The summed E-state index contributed by atoms with van der Waals surface area (Å²) in [6.07, 6.45) is 3.45. The molecule has 0 saturated carbocycles. The molecular formula is C18H30Cl2N4O3. The number of carbonyl (C=O) groups excluding carboxylic acids is 1. The largest absolute Gasteiger partial charge is 0.497 e. The highest BCUT2D eigenvalue weighted by atomic mass is 35.5. The molecule has 2 saturated heterocycles. The van der Waals surface area contributed by atoms with Crippen molar-refractivity contribution in [1.29, 1.82) is 0 Å². The first-order valence-electron chi connectivity index (χ1n) is 8.92. The average Bonchev–Trinajstić information content (AvgIpc) is 2.68. The summed E-state index contributed by atoms with van der Waals surface area (Å²) >= 11 is 0. The van der Waals surface area contributed by atoms with Crippen LogP contribution in [-0.2, 0) is 9.53 Å². The Kier molecular flexibility index (Phi) is 9.59. The predicted molar refractivity (Wildman–Crippen MR) is 110 cm³/mol. The van der Waals surface area contributed by atoms with Crippen LogP contribution in [0.2, 0.25) is 0 Å². The lowest BCUT2D eigenvalue weighted by molar-refractivity contribution is -0.147. The molecule has 0 spiro atoms. The summed E-state index contributed by atoms with van der Waals surface area (Å²) in [5.74, 6) is 1.95. The number of ether oxygens (including phenoxy) is 2. The Morgan fingerprint density at radius 2 is 1.85 bits per heavy atom. The Morgan fingerprint density at radius 3 is 2.44 bits per heavy atom. The number of hydrogen-bond acceptors (Lipinski definition) is 6. The molecule has 3 rings (SSSR count). The van der Waals surface area contributed by atoms with Gasteiger partial charge in [0.25, 0.3) is 0 Å². The summed E-state index contributed by atoms with van der Waals surface area (Å²) in [6, 6.07) is 3.78. The minimum atomic E-state index is -0.365. The van der Waals surface area contributed by atoms with E-state index < -0.39 is 0 Å². The second-order valence-electron chi connectivity index (χ2n) is 6.80. The smallest absolute Gasteiger partial charge is 0.231 e. The van der Waals surface area contributed by atoms with E-state index in [0.717, 1.165) is 63.7 Å². The van der Waals surface area contributed by atoms with Crippen molar-refractivity contribution in [3.63, 3.8) is 0 Å². The number of nitrogens with zero attached hydrogens (tertiary/aromatic N) is 3. The van der Waals surface area contributed by atoms with Crippen LogP contribution >= 0.6 is 24.8 Å². The molecule has 0 radical (unpaired) electrons. The van der Waals surface area contributed by atoms with E-state index in [1.165, 1.54) is 0 Å². The van der Waals surface area contributed by atoms with Gasteiger partial charge in [0.2, 0.25) is 5.91 Å². The second kappa shape index (κ2) is 10.9. The van der Waals surface area contributed by atoms with Crippen molar-refractivity contribution in [3.8, 4) is 5.75 Å². The number of rotatable bonds is 5. The summed E-state index contributed by atoms with van der Waals surface area (Å²) in [5.41, 5.74) is -0.365. The number of pyridine rings is 1. The maximum Gasteiger partial charge on any atom is 0.231 e. The van der Waals surface area contributed by atoms with Gasteiger partial charge in [-0.1, -0.05) is 0 Å². The van der Waals surface area contributed by atoms with E-state index in [0.29, 0.717) is 6.61 Å². The topological polar surface area (TPSA) is 66.9 Å². The van der Waals surface area contributed by atoms with Crippen LogP contribution in [0.5, 0.6) is 5.75 Å². The number of hydrogen-bond donors (Lipinski definition) is 1. The number of amides is 1. The molecular weight excluding hydrogens is 391 g/mol. The number of halogens is 2. The summed E-state index contributed by atoms with van der Waals surface area (Å²) < 4.78 is 10.7. The highest BCUT2D eigenvalue weighted by Gasteiger charge is 2.42. The maximum absolute atomic E-state index is 13.2. The summed E-state index contributed by atoms with van der Waals surface area (Å²) in [7, 11) is 3.34. The number of piperazine rings is 1.